The SMILES string of the molecule is C[n+]1ccc(-c2cc3cc(F)ccc3o2)cc1.[I-]. The summed E-state index contributed by atoms with van der Waals surface area (Å²) in [4.78, 5) is 0. The molecule has 92 valence electrons. The van der Waals surface area contributed by atoms with Crippen LogP contribution < -0.4 is 28.5 Å². The van der Waals surface area contributed by atoms with Crippen molar-refractivity contribution >= 4 is 11.0 Å². The van der Waals surface area contributed by atoms with Crippen molar-refractivity contribution in [3.63, 3.8) is 0 Å². The lowest BCUT2D eigenvalue weighted by Crippen LogP contribution is -3.00. The Kier molecular flexibility index (Phi) is 3.65. The highest BCUT2D eigenvalue weighted by Crippen LogP contribution is 2.27. The molecule has 18 heavy (non-hydrogen) atoms. The summed E-state index contributed by atoms with van der Waals surface area (Å²) in [6, 6.07) is 10.3. The Balaban J connectivity index is 0.00000120. The van der Waals surface area contributed by atoms with E-state index in [0.29, 0.717) is 5.58 Å². The molecule has 0 N–H and O–H groups in total. The average molecular weight is 355 g/mol. The maximum absolute atomic E-state index is 13.1. The Morgan fingerprint density at radius 2 is 1.78 bits per heavy atom. The van der Waals surface area contributed by atoms with Gasteiger partial charge in [-0.1, -0.05) is 0 Å². The van der Waals surface area contributed by atoms with E-state index in [1.165, 1.54) is 12.1 Å². The average Bonchev–Trinajstić information content (AvgIpc) is 2.72. The minimum Gasteiger partial charge on any atom is -1.00 e. The smallest absolute Gasteiger partial charge is 0.169 e. The molecule has 0 bridgehead atoms. The van der Waals surface area contributed by atoms with Crippen molar-refractivity contribution in [3.8, 4) is 11.3 Å². The first-order valence-corrected chi connectivity index (χ1v) is 5.37. The van der Waals surface area contributed by atoms with Crippen molar-refractivity contribution in [3.05, 3.63) is 54.6 Å². The second-order valence-corrected chi connectivity index (χ2v) is 4.05. The number of furan rings is 1. The molecule has 0 saturated carbocycles. The lowest BCUT2D eigenvalue weighted by atomic mass is 10.2. The normalized spacial score (nSPS) is 10.3. The van der Waals surface area contributed by atoms with E-state index in [-0.39, 0.29) is 29.8 Å². The van der Waals surface area contributed by atoms with E-state index in [1.54, 1.807) is 6.07 Å². The molecule has 2 nitrogen and oxygen atoms in total. The molecule has 0 amide bonds. The van der Waals surface area contributed by atoms with Gasteiger partial charge in [0.2, 0.25) is 0 Å². The summed E-state index contributed by atoms with van der Waals surface area (Å²) in [7, 11) is 1.96. The second kappa shape index (κ2) is 5.06. The third-order valence-electron chi connectivity index (χ3n) is 2.74. The van der Waals surface area contributed by atoms with Crippen LogP contribution in [0.1, 0.15) is 0 Å². The van der Waals surface area contributed by atoms with Crippen molar-refractivity contribution in [1.82, 2.24) is 0 Å². The molecule has 0 fully saturated rings. The van der Waals surface area contributed by atoms with Gasteiger partial charge in [-0.3, -0.25) is 0 Å². The first kappa shape index (κ1) is 13.0. The van der Waals surface area contributed by atoms with Gasteiger partial charge in [-0.25, -0.2) is 8.96 Å². The van der Waals surface area contributed by atoms with Crippen molar-refractivity contribution in [2.45, 2.75) is 0 Å². The zero-order valence-electron chi connectivity index (χ0n) is 9.73. The predicted octanol–water partition coefficient (Wildman–Crippen LogP) is 0.0674. The fourth-order valence-corrected chi connectivity index (χ4v) is 1.82. The van der Waals surface area contributed by atoms with E-state index in [9.17, 15) is 4.39 Å². The van der Waals surface area contributed by atoms with Gasteiger partial charge in [0.05, 0.1) is 0 Å². The van der Waals surface area contributed by atoms with Gasteiger partial charge in [0.25, 0.3) is 0 Å². The standard InChI is InChI=1S/C14H11FNO.HI/c1-16-6-4-10(5-7-16)14-9-11-8-12(15)2-3-13(11)17-14;/h2-9H,1H3;1H/q+1;/p-1. The molecule has 2 aromatic heterocycles. The number of rotatable bonds is 1. The van der Waals surface area contributed by atoms with Crippen molar-refractivity contribution in [2.24, 2.45) is 7.05 Å². The van der Waals surface area contributed by atoms with Gasteiger partial charge in [0.15, 0.2) is 12.4 Å². The topological polar surface area (TPSA) is 17.0 Å². The van der Waals surface area contributed by atoms with Gasteiger partial charge in [-0.2, -0.15) is 0 Å². The fraction of sp³-hybridized carbons (Fsp3) is 0.0714. The molecule has 2 heterocycles. The van der Waals surface area contributed by atoms with Crippen LogP contribution in [0.2, 0.25) is 0 Å². The number of fused-ring (bicyclic) bond motifs is 1. The molecule has 0 aliphatic carbocycles. The predicted molar refractivity (Wildman–Crippen MR) is 62.8 cm³/mol. The van der Waals surface area contributed by atoms with Gasteiger partial charge in [-0.05, 0) is 24.3 Å². The van der Waals surface area contributed by atoms with Crippen LogP contribution in [0.5, 0.6) is 0 Å². The third kappa shape index (κ3) is 2.38. The first-order valence-electron chi connectivity index (χ1n) is 5.37. The monoisotopic (exact) mass is 355 g/mol. The molecule has 3 aromatic rings. The van der Waals surface area contributed by atoms with E-state index in [2.05, 4.69) is 0 Å². The van der Waals surface area contributed by atoms with Gasteiger partial charge in [0, 0.05) is 23.1 Å². The fourth-order valence-electron chi connectivity index (χ4n) is 1.82. The zero-order chi connectivity index (χ0) is 11.8. The number of hydrogen-bond acceptors (Lipinski definition) is 1. The Morgan fingerprint density at radius 3 is 2.50 bits per heavy atom. The first-order chi connectivity index (χ1) is 8.22. The lowest BCUT2D eigenvalue weighted by molar-refractivity contribution is -0.671. The number of nitrogens with zero attached hydrogens (tertiary/aromatic N) is 1. The highest BCUT2D eigenvalue weighted by molar-refractivity contribution is 5.82. The molecule has 0 aliphatic rings. The molecule has 0 radical (unpaired) electrons. The number of aryl methyl sites for hydroxylation is 1. The Hall–Kier alpha value is -1.43. The molecule has 0 spiro atoms. The molecule has 0 atom stereocenters. The second-order valence-electron chi connectivity index (χ2n) is 4.05. The zero-order valence-corrected chi connectivity index (χ0v) is 11.9. The molecule has 3 rings (SSSR count). The maximum Gasteiger partial charge on any atom is 0.169 e. The summed E-state index contributed by atoms with van der Waals surface area (Å²) in [5.41, 5.74) is 1.69. The van der Waals surface area contributed by atoms with E-state index in [1.807, 2.05) is 42.2 Å². The minimum atomic E-state index is -0.246. The summed E-state index contributed by atoms with van der Waals surface area (Å²) in [6.07, 6.45) is 3.90. The van der Waals surface area contributed by atoms with Crippen molar-refractivity contribution in [2.75, 3.05) is 0 Å². The van der Waals surface area contributed by atoms with E-state index in [0.717, 1.165) is 16.7 Å². The van der Waals surface area contributed by atoms with Gasteiger partial charge < -0.3 is 28.4 Å². The lowest BCUT2D eigenvalue weighted by Gasteiger charge is -1.93. The summed E-state index contributed by atoms with van der Waals surface area (Å²) in [5.74, 6) is 0.510. The Bertz CT molecular complexity index is 676. The molecule has 0 saturated heterocycles. The van der Waals surface area contributed by atoms with Crippen LogP contribution in [0.3, 0.4) is 0 Å². The highest BCUT2D eigenvalue weighted by Gasteiger charge is 2.07. The van der Waals surface area contributed by atoms with Gasteiger partial charge in [-0.15, -0.1) is 0 Å². The van der Waals surface area contributed by atoms with Crippen molar-refractivity contribution in [1.29, 1.82) is 0 Å². The van der Waals surface area contributed by atoms with E-state index < -0.39 is 0 Å². The number of hydrogen-bond donors (Lipinski definition) is 0. The molecular formula is C14H11FINO. The van der Waals surface area contributed by atoms with Crippen LogP contribution in [-0.4, -0.2) is 0 Å². The van der Waals surface area contributed by atoms with Gasteiger partial charge in [0.1, 0.15) is 24.2 Å². The Labute approximate surface area is 121 Å². The van der Waals surface area contributed by atoms with Crippen LogP contribution >= 0.6 is 0 Å². The minimum absolute atomic E-state index is 0. The molecule has 1 aromatic carbocycles. The summed E-state index contributed by atoms with van der Waals surface area (Å²) < 4.78 is 20.7. The molecular weight excluding hydrogens is 344 g/mol. The number of benzene rings is 1. The van der Waals surface area contributed by atoms with Crippen LogP contribution in [0, 0.1) is 5.82 Å². The van der Waals surface area contributed by atoms with Crippen LogP contribution in [0.15, 0.2) is 53.2 Å². The molecule has 0 aliphatic heterocycles. The highest BCUT2D eigenvalue weighted by atomic mass is 127. The van der Waals surface area contributed by atoms with E-state index >= 15 is 0 Å². The van der Waals surface area contributed by atoms with Crippen LogP contribution in [0.4, 0.5) is 4.39 Å². The van der Waals surface area contributed by atoms with Gasteiger partial charge >= 0.3 is 0 Å². The number of aromatic nitrogens is 1. The number of pyridine rings is 1. The Morgan fingerprint density at radius 1 is 1.06 bits per heavy atom. The molecule has 0 unspecified atom stereocenters. The number of halogens is 2. The van der Waals surface area contributed by atoms with Crippen LogP contribution in [-0.2, 0) is 7.05 Å². The summed E-state index contributed by atoms with van der Waals surface area (Å²) >= 11 is 0. The quantitative estimate of drug-likeness (QED) is 0.446. The maximum atomic E-state index is 13.1. The van der Waals surface area contributed by atoms with Crippen LogP contribution in [0.25, 0.3) is 22.3 Å². The summed E-state index contributed by atoms with van der Waals surface area (Å²) in [6.45, 7) is 0. The largest absolute Gasteiger partial charge is 1.00 e. The molecule has 4 heteroatoms. The third-order valence-corrected chi connectivity index (χ3v) is 2.74. The van der Waals surface area contributed by atoms with E-state index in [4.69, 9.17) is 4.42 Å². The van der Waals surface area contributed by atoms with Crippen molar-refractivity contribution < 1.29 is 37.4 Å². The summed E-state index contributed by atoms with van der Waals surface area (Å²) in [5, 5.41) is 0.785.